The lowest BCUT2D eigenvalue weighted by Gasteiger charge is -2.03. The molecule has 2 rings (SSSR count). The molecule has 0 unspecified atom stereocenters. The van der Waals surface area contributed by atoms with Crippen LogP contribution in [0.4, 0.5) is 4.39 Å². The lowest BCUT2D eigenvalue weighted by molar-refractivity contribution is 0.627. The van der Waals surface area contributed by atoms with Crippen LogP contribution >= 0.6 is 0 Å². The number of aryl methyl sites for hydroxylation is 1. The molecule has 0 atom stereocenters. The highest BCUT2D eigenvalue weighted by molar-refractivity contribution is 5.78. The molecule has 0 aliphatic carbocycles. The topological polar surface area (TPSA) is 54.9 Å². The highest BCUT2D eigenvalue weighted by Gasteiger charge is 2.07. The Balaban J connectivity index is 3.19. The van der Waals surface area contributed by atoms with E-state index in [1.54, 1.807) is 0 Å². The molecule has 0 saturated heterocycles. The zero-order valence-electron chi connectivity index (χ0n) is 7.37. The van der Waals surface area contributed by atoms with E-state index in [-0.39, 0.29) is 10.9 Å². The largest absolute Gasteiger partial charge is 0.328 e. The van der Waals surface area contributed by atoms with Crippen LogP contribution in [0.25, 0.3) is 10.9 Å². The van der Waals surface area contributed by atoms with Crippen LogP contribution in [0.3, 0.4) is 0 Å². The first kappa shape index (κ1) is 8.68. The van der Waals surface area contributed by atoms with Crippen molar-refractivity contribution in [3.05, 3.63) is 44.9 Å². The number of rotatable bonds is 0. The quantitative estimate of drug-likeness (QED) is 0.658. The van der Waals surface area contributed by atoms with Crippen molar-refractivity contribution in [3.8, 4) is 0 Å². The fraction of sp³-hybridized carbons (Fsp3) is 0.111. The van der Waals surface area contributed by atoms with Gasteiger partial charge in [-0.05, 0) is 12.1 Å². The Morgan fingerprint density at radius 3 is 2.79 bits per heavy atom. The van der Waals surface area contributed by atoms with Crippen molar-refractivity contribution in [2.45, 2.75) is 0 Å². The third kappa shape index (κ3) is 1.06. The molecule has 0 bridgehead atoms. The second-order valence-corrected chi connectivity index (χ2v) is 2.95. The first-order valence-corrected chi connectivity index (χ1v) is 3.99. The van der Waals surface area contributed by atoms with Crippen LogP contribution < -0.4 is 11.2 Å². The zero-order valence-corrected chi connectivity index (χ0v) is 7.37. The minimum absolute atomic E-state index is 0.0289. The Hall–Kier alpha value is -1.91. The van der Waals surface area contributed by atoms with E-state index >= 15 is 0 Å². The molecular formula is C9H7FN2O2. The molecule has 5 heteroatoms. The summed E-state index contributed by atoms with van der Waals surface area (Å²) in [6.45, 7) is 0. The van der Waals surface area contributed by atoms with Crippen LogP contribution in [0.2, 0.25) is 0 Å². The number of nitrogens with one attached hydrogen (secondary N) is 1. The van der Waals surface area contributed by atoms with Gasteiger partial charge in [0.15, 0.2) is 0 Å². The number of benzene rings is 1. The highest BCUT2D eigenvalue weighted by atomic mass is 19.1. The second kappa shape index (κ2) is 2.80. The van der Waals surface area contributed by atoms with Gasteiger partial charge < -0.3 is 0 Å². The molecule has 0 saturated carbocycles. The molecular weight excluding hydrogens is 187 g/mol. The monoisotopic (exact) mass is 194 g/mol. The van der Waals surface area contributed by atoms with Crippen molar-refractivity contribution >= 4 is 10.9 Å². The van der Waals surface area contributed by atoms with E-state index in [1.165, 1.54) is 25.2 Å². The Morgan fingerprint density at radius 1 is 1.36 bits per heavy atom. The summed E-state index contributed by atoms with van der Waals surface area (Å²) in [7, 11) is 1.41. The van der Waals surface area contributed by atoms with E-state index < -0.39 is 17.1 Å². The van der Waals surface area contributed by atoms with E-state index in [4.69, 9.17) is 0 Å². The van der Waals surface area contributed by atoms with Gasteiger partial charge in [-0.15, -0.1) is 0 Å². The standard InChI is InChI=1S/C9H7FN2O2/c1-12-7-5(3-2-4-6(7)10)8(13)11-9(12)14/h2-4H,1H3,(H,11,13,14). The number of hydrogen-bond donors (Lipinski definition) is 1. The Morgan fingerprint density at radius 2 is 2.07 bits per heavy atom. The number of aromatic nitrogens is 2. The van der Waals surface area contributed by atoms with Crippen LogP contribution in [0, 0.1) is 5.82 Å². The van der Waals surface area contributed by atoms with Gasteiger partial charge in [0.2, 0.25) is 0 Å². The molecule has 0 fully saturated rings. The molecule has 0 aliphatic heterocycles. The van der Waals surface area contributed by atoms with Crippen molar-refractivity contribution in [2.24, 2.45) is 7.05 Å². The van der Waals surface area contributed by atoms with Crippen LogP contribution in [0.5, 0.6) is 0 Å². The summed E-state index contributed by atoms with van der Waals surface area (Å²) in [4.78, 5) is 24.5. The van der Waals surface area contributed by atoms with Crippen molar-refractivity contribution < 1.29 is 4.39 Å². The first-order chi connectivity index (χ1) is 6.61. The van der Waals surface area contributed by atoms with Crippen LogP contribution in [-0.4, -0.2) is 9.55 Å². The average molecular weight is 194 g/mol. The maximum Gasteiger partial charge on any atom is 0.328 e. The molecule has 1 N–H and O–H groups in total. The van der Waals surface area contributed by atoms with Gasteiger partial charge in [-0.1, -0.05) is 6.07 Å². The smallest absolute Gasteiger partial charge is 0.294 e. The fourth-order valence-electron chi connectivity index (χ4n) is 1.39. The van der Waals surface area contributed by atoms with Crippen molar-refractivity contribution in [1.82, 2.24) is 9.55 Å². The Kier molecular flexibility index (Phi) is 1.73. The number of halogens is 1. The number of para-hydroxylation sites is 1. The minimum Gasteiger partial charge on any atom is -0.294 e. The fourth-order valence-corrected chi connectivity index (χ4v) is 1.39. The molecule has 1 heterocycles. The third-order valence-corrected chi connectivity index (χ3v) is 2.09. The number of nitrogens with zero attached hydrogens (tertiary/aromatic N) is 1. The molecule has 14 heavy (non-hydrogen) atoms. The minimum atomic E-state index is -0.618. The van der Waals surface area contributed by atoms with Crippen LogP contribution in [-0.2, 0) is 7.05 Å². The summed E-state index contributed by atoms with van der Waals surface area (Å²) in [5, 5.41) is 0.173. The number of aromatic amines is 1. The van der Waals surface area contributed by atoms with E-state index in [2.05, 4.69) is 4.98 Å². The molecule has 2 aromatic rings. The summed E-state index contributed by atoms with van der Waals surface area (Å²) in [6.07, 6.45) is 0. The summed E-state index contributed by atoms with van der Waals surface area (Å²) >= 11 is 0. The zero-order chi connectivity index (χ0) is 10.3. The molecule has 0 spiro atoms. The van der Waals surface area contributed by atoms with Gasteiger partial charge in [0.1, 0.15) is 5.82 Å². The Labute approximate surface area is 77.6 Å². The van der Waals surface area contributed by atoms with E-state index in [0.29, 0.717) is 0 Å². The summed E-state index contributed by atoms with van der Waals surface area (Å²) < 4.78 is 14.4. The van der Waals surface area contributed by atoms with E-state index in [0.717, 1.165) is 4.57 Å². The van der Waals surface area contributed by atoms with Gasteiger partial charge in [-0.3, -0.25) is 14.3 Å². The molecule has 1 aromatic carbocycles. The second-order valence-electron chi connectivity index (χ2n) is 2.95. The molecule has 72 valence electrons. The van der Waals surface area contributed by atoms with Gasteiger partial charge in [0.25, 0.3) is 5.56 Å². The Bertz CT molecular complexity index is 612. The lowest BCUT2D eigenvalue weighted by Crippen LogP contribution is -2.28. The van der Waals surface area contributed by atoms with Crippen molar-refractivity contribution in [3.63, 3.8) is 0 Å². The van der Waals surface area contributed by atoms with E-state index in [9.17, 15) is 14.0 Å². The SMILES string of the molecule is Cn1c(=O)[nH]c(=O)c2cccc(F)c21. The van der Waals surface area contributed by atoms with Crippen LogP contribution in [0.15, 0.2) is 27.8 Å². The van der Waals surface area contributed by atoms with Gasteiger partial charge >= 0.3 is 5.69 Å². The van der Waals surface area contributed by atoms with E-state index in [1.807, 2.05) is 0 Å². The normalized spacial score (nSPS) is 10.7. The van der Waals surface area contributed by atoms with Crippen molar-refractivity contribution in [2.75, 3.05) is 0 Å². The molecule has 0 radical (unpaired) electrons. The van der Waals surface area contributed by atoms with Crippen molar-refractivity contribution in [1.29, 1.82) is 0 Å². The molecule has 0 aliphatic rings. The predicted molar refractivity (Wildman–Crippen MR) is 49.8 cm³/mol. The van der Waals surface area contributed by atoms with Gasteiger partial charge in [-0.25, -0.2) is 9.18 Å². The lowest BCUT2D eigenvalue weighted by atomic mass is 10.2. The average Bonchev–Trinajstić information content (AvgIpc) is 2.14. The number of fused-ring (bicyclic) bond motifs is 1. The summed E-state index contributed by atoms with van der Waals surface area (Å²) in [5.41, 5.74) is -1.16. The first-order valence-electron chi connectivity index (χ1n) is 3.99. The maximum absolute atomic E-state index is 13.3. The summed E-state index contributed by atoms with van der Waals surface area (Å²) in [5.74, 6) is -0.576. The molecule has 4 nitrogen and oxygen atoms in total. The predicted octanol–water partition coefficient (Wildman–Crippen LogP) is 0.366. The third-order valence-electron chi connectivity index (χ3n) is 2.09. The van der Waals surface area contributed by atoms with Crippen LogP contribution in [0.1, 0.15) is 0 Å². The molecule has 0 amide bonds. The van der Waals surface area contributed by atoms with Gasteiger partial charge in [-0.2, -0.15) is 0 Å². The van der Waals surface area contributed by atoms with Gasteiger partial charge in [0.05, 0.1) is 10.9 Å². The highest BCUT2D eigenvalue weighted by Crippen LogP contribution is 2.10. The van der Waals surface area contributed by atoms with Gasteiger partial charge in [0, 0.05) is 7.05 Å². The number of hydrogen-bond acceptors (Lipinski definition) is 2. The summed E-state index contributed by atoms with van der Waals surface area (Å²) in [6, 6.07) is 4.11. The maximum atomic E-state index is 13.3. The number of H-pyrrole nitrogens is 1. The molecule has 1 aromatic heterocycles.